The van der Waals surface area contributed by atoms with Gasteiger partial charge < -0.3 is 4.57 Å². The van der Waals surface area contributed by atoms with Crippen LogP contribution in [0.15, 0.2) is 38.6 Å². The van der Waals surface area contributed by atoms with Gasteiger partial charge in [-0.1, -0.05) is 22.9 Å². The third kappa shape index (κ3) is 3.73. The van der Waals surface area contributed by atoms with E-state index in [1.54, 1.807) is 23.6 Å². The van der Waals surface area contributed by atoms with Crippen molar-refractivity contribution in [3.63, 3.8) is 0 Å². The molecule has 3 heterocycles. The molecule has 4 aromatic rings. The molecule has 172 valence electrons. The average molecular weight is 534 g/mol. The Kier molecular flexibility index (Phi) is 6.00. The monoisotopic (exact) mass is 533 g/mol. The zero-order valence-electron chi connectivity index (χ0n) is 19.4. The number of fused-ring (bicyclic) bond motifs is 2. The highest BCUT2D eigenvalue weighted by Gasteiger charge is 2.23. The maximum atomic E-state index is 13.2. The van der Waals surface area contributed by atoms with Crippen molar-refractivity contribution in [1.29, 1.82) is 5.26 Å². The van der Waals surface area contributed by atoms with E-state index in [9.17, 15) is 10.1 Å². The number of hydrogen-bond donors (Lipinski definition) is 0. The van der Waals surface area contributed by atoms with Crippen molar-refractivity contribution in [2.45, 2.75) is 52.9 Å². The Morgan fingerprint density at radius 2 is 2.06 bits per heavy atom. The summed E-state index contributed by atoms with van der Waals surface area (Å²) in [6, 6.07) is 10.0. The van der Waals surface area contributed by atoms with Crippen LogP contribution in [0.2, 0.25) is 0 Å². The highest BCUT2D eigenvalue weighted by molar-refractivity contribution is 9.10. The molecule has 0 N–H and O–H groups in total. The summed E-state index contributed by atoms with van der Waals surface area (Å²) < 4.78 is 4.38. The maximum absolute atomic E-state index is 13.2. The van der Waals surface area contributed by atoms with Gasteiger partial charge in [0.15, 0.2) is 0 Å². The van der Waals surface area contributed by atoms with Crippen LogP contribution < -0.4 is 5.56 Å². The smallest absolute Gasteiger partial charge is 0.282 e. The van der Waals surface area contributed by atoms with Crippen molar-refractivity contribution in [3.8, 4) is 11.1 Å². The Morgan fingerprint density at radius 3 is 2.82 bits per heavy atom. The van der Waals surface area contributed by atoms with E-state index in [1.807, 2.05) is 32.9 Å². The molecule has 1 aliphatic carbocycles. The summed E-state index contributed by atoms with van der Waals surface area (Å²) in [7, 11) is 0. The van der Waals surface area contributed by atoms with Crippen LogP contribution in [0.5, 0.6) is 0 Å². The van der Waals surface area contributed by atoms with Crippen LogP contribution in [0.3, 0.4) is 0 Å². The number of nitriles is 1. The first-order valence-electron chi connectivity index (χ1n) is 11.4. The molecular formula is C26H24BrN5OS. The molecule has 0 aliphatic heterocycles. The fraction of sp³-hybridized carbons (Fsp3) is 0.308. The summed E-state index contributed by atoms with van der Waals surface area (Å²) in [4.78, 5) is 19.2. The second-order valence-corrected chi connectivity index (χ2v) is 10.6. The van der Waals surface area contributed by atoms with Crippen molar-refractivity contribution in [2.24, 2.45) is 5.10 Å². The Labute approximate surface area is 210 Å². The topological polar surface area (TPSA) is 76.0 Å². The SMILES string of the molecule is CCc1nc2ccc(Br)cc2c(=O)n1N=Cc1cc(C)n(-c2sc3c(c2C#N)CCCC3)c1C. The van der Waals surface area contributed by atoms with Crippen molar-refractivity contribution in [3.05, 3.63) is 77.9 Å². The molecule has 0 atom stereocenters. The molecule has 0 saturated heterocycles. The first-order chi connectivity index (χ1) is 16.4. The molecule has 1 aromatic carbocycles. The van der Waals surface area contributed by atoms with Gasteiger partial charge in [-0.3, -0.25) is 4.79 Å². The number of nitrogens with zero attached hydrogens (tertiary/aromatic N) is 5. The van der Waals surface area contributed by atoms with Gasteiger partial charge in [-0.25, -0.2) is 4.98 Å². The molecule has 0 radical (unpaired) electrons. The van der Waals surface area contributed by atoms with Crippen LogP contribution >= 0.6 is 27.3 Å². The lowest BCUT2D eigenvalue weighted by Crippen LogP contribution is -2.22. The lowest BCUT2D eigenvalue weighted by atomic mass is 9.96. The molecular weight excluding hydrogens is 510 g/mol. The molecule has 0 saturated carbocycles. The number of aryl methyl sites for hydroxylation is 3. The maximum Gasteiger partial charge on any atom is 0.282 e. The van der Waals surface area contributed by atoms with E-state index in [4.69, 9.17) is 0 Å². The molecule has 34 heavy (non-hydrogen) atoms. The minimum Gasteiger partial charge on any atom is -0.308 e. The summed E-state index contributed by atoms with van der Waals surface area (Å²) in [6.45, 7) is 6.04. The van der Waals surface area contributed by atoms with Crippen LogP contribution in [0.4, 0.5) is 0 Å². The minimum atomic E-state index is -0.189. The van der Waals surface area contributed by atoms with Crippen LogP contribution in [0.1, 0.15) is 58.5 Å². The van der Waals surface area contributed by atoms with E-state index in [-0.39, 0.29) is 5.56 Å². The average Bonchev–Trinajstić information content (AvgIpc) is 3.34. The van der Waals surface area contributed by atoms with E-state index in [0.29, 0.717) is 23.1 Å². The van der Waals surface area contributed by atoms with Gasteiger partial charge in [0.25, 0.3) is 5.56 Å². The van der Waals surface area contributed by atoms with Crippen LogP contribution in [-0.2, 0) is 19.3 Å². The molecule has 0 fully saturated rings. The quantitative estimate of drug-likeness (QED) is 0.310. The second-order valence-electron chi connectivity index (χ2n) is 8.57. The van der Waals surface area contributed by atoms with Crippen LogP contribution in [0, 0.1) is 25.2 Å². The highest BCUT2D eigenvalue weighted by atomic mass is 79.9. The van der Waals surface area contributed by atoms with Crippen LogP contribution in [-0.4, -0.2) is 20.4 Å². The van der Waals surface area contributed by atoms with Gasteiger partial charge in [0.2, 0.25) is 0 Å². The molecule has 0 bridgehead atoms. The molecule has 1 aliphatic rings. The Balaban J connectivity index is 1.60. The van der Waals surface area contributed by atoms with Crippen molar-refractivity contribution in [1.82, 2.24) is 14.2 Å². The number of rotatable bonds is 4. The zero-order chi connectivity index (χ0) is 24.0. The van der Waals surface area contributed by atoms with E-state index in [0.717, 1.165) is 51.3 Å². The van der Waals surface area contributed by atoms with E-state index < -0.39 is 0 Å². The second kappa shape index (κ2) is 8.97. The highest BCUT2D eigenvalue weighted by Crippen LogP contribution is 2.38. The zero-order valence-corrected chi connectivity index (χ0v) is 21.8. The lowest BCUT2D eigenvalue weighted by Gasteiger charge is -2.10. The Bertz CT molecular complexity index is 1570. The molecule has 8 heteroatoms. The Morgan fingerprint density at radius 1 is 1.26 bits per heavy atom. The van der Waals surface area contributed by atoms with Crippen molar-refractivity contribution in [2.75, 3.05) is 0 Å². The standard InChI is InChI=1S/C26H24BrN5OS/c1-4-24-30-22-10-9-18(27)12-20(22)25(33)32(24)29-14-17-11-15(2)31(16(17)3)26-21(13-28)19-7-5-6-8-23(19)34-26/h9-12,14H,4-8H2,1-3H3. The Hall–Kier alpha value is -3.02. The molecule has 0 spiro atoms. The molecule has 5 rings (SSSR count). The third-order valence-electron chi connectivity index (χ3n) is 6.44. The summed E-state index contributed by atoms with van der Waals surface area (Å²) in [5, 5.41) is 16.0. The number of halogens is 1. The van der Waals surface area contributed by atoms with Crippen molar-refractivity contribution < 1.29 is 0 Å². The van der Waals surface area contributed by atoms with Crippen molar-refractivity contribution >= 4 is 44.4 Å². The van der Waals surface area contributed by atoms with Gasteiger partial charge in [0.05, 0.1) is 22.7 Å². The normalized spacial score (nSPS) is 13.5. The summed E-state index contributed by atoms with van der Waals surface area (Å²) in [6.07, 6.45) is 6.68. The van der Waals surface area contributed by atoms with E-state index in [2.05, 4.69) is 42.7 Å². The fourth-order valence-corrected chi connectivity index (χ4v) is 6.53. The predicted molar refractivity (Wildman–Crippen MR) is 141 cm³/mol. The van der Waals surface area contributed by atoms with Gasteiger partial charge in [-0.15, -0.1) is 11.3 Å². The summed E-state index contributed by atoms with van der Waals surface area (Å²) in [5.41, 5.74) is 5.46. The number of thiophene rings is 1. The fourth-order valence-electron chi connectivity index (χ4n) is 4.72. The predicted octanol–water partition coefficient (Wildman–Crippen LogP) is 5.82. The molecule has 6 nitrogen and oxygen atoms in total. The minimum absolute atomic E-state index is 0.189. The number of hydrogen-bond acceptors (Lipinski definition) is 5. The summed E-state index contributed by atoms with van der Waals surface area (Å²) in [5.74, 6) is 0.613. The molecule has 0 unspecified atom stereocenters. The van der Waals surface area contributed by atoms with Gasteiger partial charge in [-0.05, 0) is 69.4 Å². The van der Waals surface area contributed by atoms with Crippen LogP contribution in [0.25, 0.3) is 15.9 Å². The van der Waals surface area contributed by atoms with Gasteiger partial charge in [0.1, 0.15) is 16.9 Å². The molecule has 3 aromatic heterocycles. The first-order valence-corrected chi connectivity index (χ1v) is 13.0. The number of aromatic nitrogens is 3. The van der Waals surface area contributed by atoms with E-state index in [1.165, 1.54) is 21.5 Å². The number of benzene rings is 1. The summed E-state index contributed by atoms with van der Waals surface area (Å²) >= 11 is 5.17. The third-order valence-corrected chi connectivity index (χ3v) is 8.21. The lowest BCUT2D eigenvalue weighted by molar-refractivity contribution is 0.695. The molecule has 0 amide bonds. The van der Waals surface area contributed by atoms with Gasteiger partial charge in [0, 0.05) is 32.7 Å². The largest absolute Gasteiger partial charge is 0.308 e. The van der Waals surface area contributed by atoms with Gasteiger partial charge >= 0.3 is 0 Å². The first kappa shape index (κ1) is 22.8. The van der Waals surface area contributed by atoms with Gasteiger partial charge in [-0.2, -0.15) is 15.0 Å². The van der Waals surface area contributed by atoms with E-state index >= 15 is 0 Å².